The number of nitrogens with zero attached hydrogens (tertiary/aromatic N) is 2. The monoisotopic (exact) mass is 327 g/mol. The summed E-state index contributed by atoms with van der Waals surface area (Å²) in [7, 11) is 0. The number of hydrogen-bond acceptors (Lipinski definition) is 4. The van der Waals surface area contributed by atoms with Crippen LogP contribution in [0.3, 0.4) is 0 Å². The molecule has 3 rings (SSSR count). The first-order chi connectivity index (χ1) is 11.6. The molecule has 2 atom stereocenters. The molecule has 0 unspecified atom stereocenters. The Morgan fingerprint density at radius 3 is 2.79 bits per heavy atom. The first-order valence-corrected chi connectivity index (χ1v) is 8.66. The van der Waals surface area contributed by atoms with Crippen LogP contribution < -0.4 is 5.32 Å². The van der Waals surface area contributed by atoms with Crippen LogP contribution in [0.15, 0.2) is 40.9 Å². The molecule has 2 aromatic rings. The summed E-state index contributed by atoms with van der Waals surface area (Å²) >= 11 is 0. The Morgan fingerprint density at radius 1 is 1.29 bits per heavy atom. The highest BCUT2D eigenvalue weighted by molar-refractivity contribution is 5.94. The SMILES string of the molecule is Cc1cc(NC(=O)[C@H](c2ccccc2)N2CCC[C@@H](C)CC2)no1. The number of hydrogen-bond donors (Lipinski definition) is 1. The first-order valence-electron chi connectivity index (χ1n) is 8.66. The maximum absolute atomic E-state index is 13.0. The quantitative estimate of drug-likeness (QED) is 0.928. The van der Waals surface area contributed by atoms with Crippen molar-refractivity contribution in [2.45, 2.75) is 39.2 Å². The third-order valence-corrected chi connectivity index (χ3v) is 4.66. The molecular formula is C19H25N3O2. The number of aromatic nitrogens is 1. The van der Waals surface area contributed by atoms with E-state index in [1.807, 2.05) is 37.3 Å². The summed E-state index contributed by atoms with van der Waals surface area (Å²) in [5, 5.41) is 6.79. The molecule has 5 nitrogen and oxygen atoms in total. The summed E-state index contributed by atoms with van der Waals surface area (Å²) in [4.78, 5) is 15.3. The van der Waals surface area contributed by atoms with Crippen LogP contribution in [-0.4, -0.2) is 29.1 Å². The van der Waals surface area contributed by atoms with Crippen LogP contribution in [0.4, 0.5) is 5.82 Å². The van der Waals surface area contributed by atoms with E-state index in [2.05, 4.69) is 22.3 Å². The zero-order chi connectivity index (χ0) is 16.9. The van der Waals surface area contributed by atoms with E-state index in [-0.39, 0.29) is 11.9 Å². The van der Waals surface area contributed by atoms with Crippen LogP contribution in [0.5, 0.6) is 0 Å². The molecule has 24 heavy (non-hydrogen) atoms. The van der Waals surface area contributed by atoms with E-state index in [1.165, 1.54) is 6.42 Å². The molecule has 0 spiro atoms. The van der Waals surface area contributed by atoms with Crippen molar-refractivity contribution in [1.82, 2.24) is 10.1 Å². The van der Waals surface area contributed by atoms with Crippen molar-refractivity contribution < 1.29 is 9.32 Å². The minimum atomic E-state index is -0.298. The van der Waals surface area contributed by atoms with Gasteiger partial charge in [0.15, 0.2) is 5.82 Å². The molecule has 1 amide bonds. The third-order valence-electron chi connectivity index (χ3n) is 4.66. The van der Waals surface area contributed by atoms with E-state index in [1.54, 1.807) is 6.07 Å². The van der Waals surface area contributed by atoms with Crippen LogP contribution >= 0.6 is 0 Å². The molecule has 1 saturated heterocycles. The van der Waals surface area contributed by atoms with Crippen LogP contribution in [-0.2, 0) is 4.79 Å². The Bertz CT molecular complexity index is 668. The average Bonchev–Trinajstić information content (AvgIpc) is 2.86. The number of anilines is 1. The molecule has 1 aromatic heterocycles. The Morgan fingerprint density at radius 2 is 2.08 bits per heavy atom. The second-order valence-electron chi connectivity index (χ2n) is 6.70. The van der Waals surface area contributed by atoms with Gasteiger partial charge in [-0.15, -0.1) is 0 Å². The molecule has 0 bridgehead atoms. The standard InChI is InChI=1S/C19H25N3O2/c1-14-7-6-11-22(12-10-14)18(16-8-4-3-5-9-16)19(23)20-17-13-15(2)24-21-17/h3-5,8-9,13-14,18H,6-7,10-12H2,1-2H3,(H,20,21,23)/t14-,18+/m1/s1. The number of carbonyl (C=O) groups excluding carboxylic acids is 1. The zero-order valence-corrected chi connectivity index (χ0v) is 14.4. The van der Waals surface area contributed by atoms with Crippen LogP contribution in [0, 0.1) is 12.8 Å². The zero-order valence-electron chi connectivity index (χ0n) is 14.4. The first kappa shape index (κ1) is 16.7. The summed E-state index contributed by atoms with van der Waals surface area (Å²) in [6.07, 6.45) is 3.47. The fourth-order valence-electron chi connectivity index (χ4n) is 3.33. The lowest BCUT2D eigenvalue weighted by Crippen LogP contribution is -2.38. The second kappa shape index (κ2) is 7.62. The highest BCUT2D eigenvalue weighted by atomic mass is 16.5. The van der Waals surface area contributed by atoms with Gasteiger partial charge in [-0.1, -0.05) is 42.4 Å². The van der Waals surface area contributed by atoms with Gasteiger partial charge in [-0.2, -0.15) is 0 Å². The molecule has 5 heteroatoms. The number of nitrogens with one attached hydrogen (secondary N) is 1. The Labute approximate surface area is 143 Å². The molecule has 1 aromatic carbocycles. The molecular weight excluding hydrogens is 302 g/mol. The predicted molar refractivity (Wildman–Crippen MR) is 93.6 cm³/mol. The summed E-state index contributed by atoms with van der Waals surface area (Å²) in [5.41, 5.74) is 1.02. The van der Waals surface area contributed by atoms with Crippen molar-refractivity contribution in [3.63, 3.8) is 0 Å². The van der Waals surface area contributed by atoms with E-state index < -0.39 is 0 Å². The average molecular weight is 327 g/mol. The summed E-state index contributed by atoms with van der Waals surface area (Å²) in [6.45, 7) is 5.98. The summed E-state index contributed by atoms with van der Waals surface area (Å²) in [5.74, 6) is 1.82. The minimum absolute atomic E-state index is 0.0518. The van der Waals surface area contributed by atoms with Crippen molar-refractivity contribution in [3.05, 3.63) is 47.7 Å². The second-order valence-corrected chi connectivity index (χ2v) is 6.70. The van der Waals surface area contributed by atoms with Crippen molar-refractivity contribution in [2.75, 3.05) is 18.4 Å². The Hall–Kier alpha value is -2.14. The maximum atomic E-state index is 13.0. The number of benzene rings is 1. The van der Waals surface area contributed by atoms with Gasteiger partial charge in [0, 0.05) is 6.07 Å². The van der Waals surface area contributed by atoms with Crippen molar-refractivity contribution in [3.8, 4) is 0 Å². The number of likely N-dealkylation sites (tertiary alicyclic amines) is 1. The largest absolute Gasteiger partial charge is 0.360 e. The lowest BCUT2D eigenvalue weighted by molar-refractivity contribution is -0.121. The normalized spacial score (nSPS) is 20.3. The van der Waals surface area contributed by atoms with Crippen LogP contribution in [0.2, 0.25) is 0 Å². The molecule has 0 saturated carbocycles. The molecule has 2 heterocycles. The Kier molecular flexibility index (Phi) is 5.30. The highest BCUT2D eigenvalue weighted by Crippen LogP contribution is 2.27. The number of carbonyl (C=O) groups is 1. The van der Waals surface area contributed by atoms with Crippen molar-refractivity contribution in [2.24, 2.45) is 5.92 Å². The van der Waals surface area contributed by atoms with Gasteiger partial charge < -0.3 is 9.84 Å². The molecule has 0 radical (unpaired) electrons. The van der Waals surface area contributed by atoms with Crippen molar-refractivity contribution in [1.29, 1.82) is 0 Å². The van der Waals surface area contributed by atoms with Gasteiger partial charge in [-0.05, 0) is 50.8 Å². The topological polar surface area (TPSA) is 58.4 Å². The van der Waals surface area contributed by atoms with Gasteiger partial charge in [-0.25, -0.2) is 0 Å². The van der Waals surface area contributed by atoms with E-state index in [4.69, 9.17) is 4.52 Å². The fourth-order valence-corrected chi connectivity index (χ4v) is 3.33. The van der Waals surface area contributed by atoms with Gasteiger partial charge in [-0.3, -0.25) is 9.69 Å². The van der Waals surface area contributed by atoms with E-state index in [9.17, 15) is 4.79 Å². The molecule has 128 valence electrons. The fraction of sp³-hybridized carbons (Fsp3) is 0.474. The van der Waals surface area contributed by atoms with Crippen molar-refractivity contribution >= 4 is 11.7 Å². The number of aryl methyl sites for hydroxylation is 1. The number of rotatable bonds is 4. The molecule has 1 aliphatic rings. The summed E-state index contributed by atoms with van der Waals surface area (Å²) < 4.78 is 5.05. The highest BCUT2D eigenvalue weighted by Gasteiger charge is 2.29. The lowest BCUT2D eigenvalue weighted by Gasteiger charge is -2.29. The smallest absolute Gasteiger partial charge is 0.247 e. The predicted octanol–water partition coefficient (Wildman–Crippen LogP) is 3.78. The molecule has 0 aliphatic carbocycles. The molecule has 1 fully saturated rings. The summed E-state index contributed by atoms with van der Waals surface area (Å²) in [6, 6.07) is 11.4. The van der Waals surface area contributed by atoms with Crippen LogP contribution in [0.25, 0.3) is 0 Å². The Balaban J connectivity index is 1.82. The molecule has 1 N–H and O–H groups in total. The van der Waals surface area contributed by atoms with E-state index >= 15 is 0 Å². The lowest BCUT2D eigenvalue weighted by atomic mass is 10.0. The number of amides is 1. The minimum Gasteiger partial charge on any atom is -0.360 e. The molecule has 1 aliphatic heterocycles. The van der Waals surface area contributed by atoms with Gasteiger partial charge in [0.05, 0.1) is 0 Å². The van der Waals surface area contributed by atoms with Gasteiger partial charge in [0.1, 0.15) is 11.8 Å². The van der Waals surface area contributed by atoms with Gasteiger partial charge in [0.25, 0.3) is 0 Å². The maximum Gasteiger partial charge on any atom is 0.247 e. The van der Waals surface area contributed by atoms with E-state index in [0.29, 0.717) is 17.5 Å². The van der Waals surface area contributed by atoms with Gasteiger partial charge >= 0.3 is 0 Å². The van der Waals surface area contributed by atoms with Gasteiger partial charge in [0.2, 0.25) is 5.91 Å². The van der Waals surface area contributed by atoms with Crippen LogP contribution in [0.1, 0.15) is 43.6 Å². The van der Waals surface area contributed by atoms with E-state index in [0.717, 1.165) is 31.5 Å². The third kappa shape index (κ3) is 4.03.